The number of alkyl carbamates (subject to hydrolysis) is 1. The molecule has 8 nitrogen and oxygen atoms in total. The van der Waals surface area contributed by atoms with Crippen LogP contribution in [0.5, 0.6) is 0 Å². The fraction of sp³-hybridized carbons (Fsp3) is 0.348. The molecule has 4 N–H and O–H groups in total. The number of amides is 2. The maximum Gasteiger partial charge on any atom is 0.407 e. The minimum absolute atomic E-state index is 0.0853. The van der Waals surface area contributed by atoms with E-state index in [-0.39, 0.29) is 26.0 Å². The number of hydrogen-bond donors (Lipinski definition) is 4. The van der Waals surface area contributed by atoms with Gasteiger partial charge < -0.3 is 25.6 Å². The van der Waals surface area contributed by atoms with Gasteiger partial charge in [0.05, 0.1) is 12.5 Å². The zero-order valence-electron chi connectivity index (χ0n) is 17.6. The molecular formula is C23H28N2O6. The van der Waals surface area contributed by atoms with Gasteiger partial charge in [-0.25, -0.2) is 9.59 Å². The third-order valence-corrected chi connectivity index (χ3v) is 4.76. The van der Waals surface area contributed by atoms with Crippen molar-refractivity contribution >= 4 is 18.0 Å². The number of aliphatic hydroxyl groups is 1. The minimum atomic E-state index is -1.18. The van der Waals surface area contributed by atoms with Gasteiger partial charge in [-0.15, -0.1) is 0 Å². The Morgan fingerprint density at radius 3 is 2.35 bits per heavy atom. The van der Waals surface area contributed by atoms with Gasteiger partial charge in [0.15, 0.2) is 0 Å². The zero-order chi connectivity index (χ0) is 22.8. The molecule has 0 unspecified atom stereocenters. The molecule has 0 heterocycles. The molecule has 2 amide bonds. The highest BCUT2D eigenvalue weighted by Crippen LogP contribution is 2.12. The Morgan fingerprint density at radius 1 is 1.00 bits per heavy atom. The van der Waals surface area contributed by atoms with Crippen LogP contribution in [0.15, 0.2) is 48.5 Å². The van der Waals surface area contributed by atoms with E-state index in [9.17, 15) is 24.6 Å². The van der Waals surface area contributed by atoms with Gasteiger partial charge in [-0.3, -0.25) is 4.79 Å². The van der Waals surface area contributed by atoms with Crippen molar-refractivity contribution in [2.75, 3.05) is 6.54 Å². The number of rotatable bonds is 10. The number of carboxylic acid groups (broad SMARTS) is 1. The summed E-state index contributed by atoms with van der Waals surface area (Å²) in [4.78, 5) is 35.4. The van der Waals surface area contributed by atoms with E-state index in [1.54, 1.807) is 0 Å². The lowest BCUT2D eigenvalue weighted by molar-refractivity contribution is -0.142. The maximum absolute atomic E-state index is 12.2. The first-order valence-corrected chi connectivity index (χ1v) is 9.95. The normalized spacial score (nSPS) is 12.5. The van der Waals surface area contributed by atoms with Crippen LogP contribution >= 0.6 is 0 Å². The largest absolute Gasteiger partial charge is 0.480 e. The van der Waals surface area contributed by atoms with Crippen molar-refractivity contribution in [3.63, 3.8) is 0 Å². The van der Waals surface area contributed by atoms with E-state index in [0.29, 0.717) is 0 Å². The number of carbonyl (C=O) groups is 3. The monoisotopic (exact) mass is 428 g/mol. The Kier molecular flexibility index (Phi) is 9.02. The molecule has 0 bridgehead atoms. The zero-order valence-corrected chi connectivity index (χ0v) is 17.6. The molecular weight excluding hydrogens is 400 g/mol. The van der Waals surface area contributed by atoms with Crippen LogP contribution in [0.1, 0.15) is 28.7 Å². The van der Waals surface area contributed by atoms with Crippen LogP contribution in [0.3, 0.4) is 0 Å². The number of aryl methyl sites for hydroxylation is 2. The fourth-order valence-corrected chi connectivity index (χ4v) is 2.88. The first kappa shape index (κ1) is 23.9. The second-order valence-corrected chi connectivity index (χ2v) is 7.38. The van der Waals surface area contributed by atoms with Crippen LogP contribution in [0.25, 0.3) is 0 Å². The summed E-state index contributed by atoms with van der Waals surface area (Å²) in [6.07, 6.45) is -2.13. The Bertz CT molecular complexity index is 900. The number of ether oxygens (including phenoxy) is 1. The quantitative estimate of drug-likeness (QED) is 0.459. The molecule has 0 saturated heterocycles. The van der Waals surface area contributed by atoms with Gasteiger partial charge in [-0.05, 0) is 36.1 Å². The predicted octanol–water partition coefficient (Wildman–Crippen LogP) is 2.09. The molecule has 0 spiro atoms. The lowest BCUT2D eigenvalue weighted by Crippen LogP contribution is -2.44. The molecule has 166 valence electrons. The Balaban J connectivity index is 1.76. The standard InChI is InChI=1S/C23H28N2O6/c1-15-8-9-18(10-16(15)2)11-20(22(28)29)25-21(27)12-19(26)13-24-23(30)31-14-17-6-4-3-5-7-17/h3-10,19-20,26H,11-14H2,1-2H3,(H,24,30)(H,25,27)(H,28,29)/t19-,20-/m0/s1. The van der Waals surface area contributed by atoms with Crippen LogP contribution < -0.4 is 10.6 Å². The molecule has 0 aliphatic heterocycles. The average molecular weight is 428 g/mol. The summed E-state index contributed by atoms with van der Waals surface area (Å²) in [6.45, 7) is 3.78. The summed E-state index contributed by atoms with van der Waals surface area (Å²) in [5.74, 6) is -1.79. The van der Waals surface area contributed by atoms with Gasteiger partial charge in [0.2, 0.25) is 5.91 Å². The van der Waals surface area contributed by atoms with Gasteiger partial charge in [0, 0.05) is 13.0 Å². The van der Waals surface area contributed by atoms with Crippen molar-refractivity contribution in [1.82, 2.24) is 10.6 Å². The van der Waals surface area contributed by atoms with E-state index >= 15 is 0 Å². The molecule has 2 aromatic rings. The smallest absolute Gasteiger partial charge is 0.407 e. The molecule has 2 atom stereocenters. The number of benzene rings is 2. The minimum Gasteiger partial charge on any atom is -0.480 e. The summed E-state index contributed by atoms with van der Waals surface area (Å²) in [6, 6.07) is 13.6. The highest BCUT2D eigenvalue weighted by Gasteiger charge is 2.22. The van der Waals surface area contributed by atoms with Crippen LogP contribution in [-0.4, -0.2) is 46.9 Å². The summed E-state index contributed by atoms with van der Waals surface area (Å²) in [5.41, 5.74) is 3.74. The molecule has 0 saturated carbocycles. The molecule has 31 heavy (non-hydrogen) atoms. The van der Waals surface area contributed by atoms with E-state index in [2.05, 4.69) is 10.6 Å². The Morgan fingerprint density at radius 2 is 1.71 bits per heavy atom. The SMILES string of the molecule is Cc1ccc(C[C@H](NC(=O)C[C@H](O)CNC(=O)OCc2ccccc2)C(=O)O)cc1C. The van der Waals surface area contributed by atoms with Crippen molar-refractivity contribution in [3.8, 4) is 0 Å². The Labute approximate surface area is 181 Å². The van der Waals surface area contributed by atoms with Gasteiger partial charge in [0.25, 0.3) is 0 Å². The molecule has 0 radical (unpaired) electrons. The number of aliphatic carboxylic acids is 1. The molecule has 2 rings (SSSR count). The lowest BCUT2D eigenvalue weighted by atomic mass is 10.0. The molecule has 0 fully saturated rings. The summed E-state index contributed by atoms with van der Waals surface area (Å²) >= 11 is 0. The second-order valence-electron chi connectivity index (χ2n) is 7.38. The van der Waals surface area contributed by atoms with E-state index in [1.165, 1.54) is 0 Å². The van der Waals surface area contributed by atoms with Crippen molar-refractivity contribution in [2.45, 2.75) is 45.4 Å². The van der Waals surface area contributed by atoms with Crippen LogP contribution in [-0.2, 0) is 27.4 Å². The van der Waals surface area contributed by atoms with Crippen LogP contribution in [0, 0.1) is 13.8 Å². The number of carboxylic acids is 1. The first-order valence-electron chi connectivity index (χ1n) is 9.95. The van der Waals surface area contributed by atoms with Crippen LogP contribution in [0.2, 0.25) is 0 Å². The van der Waals surface area contributed by atoms with E-state index in [4.69, 9.17) is 4.74 Å². The maximum atomic E-state index is 12.2. The number of hydrogen-bond acceptors (Lipinski definition) is 5. The van der Waals surface area contributed by atoms with Gasteiger partial charge >= 0.3 is 12.1 Å². The van der Waals surface area contributed by atoms with Crippen molar-refractivity contribution in [3.05, 3.63) is 70.8 Å². The lowest BCUT2D eigenvalue weighted by Gasteiger charge is -2.17. The van der Waals surface area contributed by atoms with Crippen molar-refractivity contribution < 1.29 is 29.3 Å². The molecule has 0 aliphatic carbocycles. The number of aliphatic hydroxyl groups excluding tert-OH is 1. The Hall–Kier alpha value is -3.39. The summed E-state index contributed by atoms with van der Waals surface area (Å²) in [5, 5.41) is 24.2. The topological polar surface area (TPSA) is 125 Å². The first-order chi connectivity index (χ1) is 14.7. The summed E-state index contributed by atoms with van der Waals surface area (Å²) < 4.78 is 5.02. The van der Waals surface area contributed by atoms with E-state index in [0.717, 1.165) is 22.3 Å². The van der Waals surface area contributed by atoms with Gasteiger partial charge in [-0.2, -0.15) is 0 Å². The third kappa shape index (κ3) is 8.47. The molecule has 0 aliphatic rings. The van der Waals surface area contributed by atoms with Crippen molar-refractivity contribution in [1.29, 1.82) is 0 Å². The average Bonchev–Trinajstić information content (AvgIpc) is 2.73. The third-order valence-electron chi connectivity index (χ3n) is 4.76. The number of nitrogens with one attached hydrogen (secondary N) is 2. The predicted molar refractivity (Wildman–Crippen MR) is 114 cm³/mol. The summed E-state index contributed by atoms with van der Waals surface area (Å²) in [7, 11) is 0. The van der Waals surface area contributed by atoms with Crippen LogP contribution in [0.4, 0.5) is 4.79 Å². The molecule has 0 aromatic heterocycles. The van der Waals surface area contributed by atoms with E-state index in [1.807, 2.05) is 62.4 Å². The highest BCUT2D eigenvalue weighted by molar-refractivity contribution is 5.84. The number of carbonyl (C=O) groups excluding carboxylic acids is 2. The molecule has 8 heteroatoms. The molecule has 2 aromatic carbocycles. The van der Waals surface area contributed by atoms with E-state index < -0.39 is 30.1 Å². The van der Waals surface area contributed by atoms with Crippen molar-refractivity contribution in [2.24, 2.45) is 0 Å². The fourth-order valence-electron chi connectivity index (χ4n) is 2.88. The van der Waals surface area contributed by atoms with Gasteiger partial charge in [0.1, 0.15) is 12.6 Å². The van der Waals surface area contributed by atoms with Gasteiger partial charge in [-0.1, -0.05) is 48.5 Å². The highest BCUT2D eigenvalue weighted by atomic mass is 16.5. The second kappa shape index (κ2) is 11.7.